The highest BCUT2D eigenvalue weighted by atomic mass is 35.5. The van der Waals surface area contributed by atoms with Gasteiger partial charge in [0.15, 0.2) is 11.6 Å². The highest BCUT2D eigenvalue weighted by Gasteiger charge is 2.16. The van der Waals surface area contributed by atoms with Crippen molar-refractivity contribution in [3.63, 3.8) is 0 Å². The van der Waals surface area contributed by atoms with E-state index in [9.17, 15) is 9.18 Å². The zero-order chi connectivity index (χ0) is 14.9. The Bertz CT molecular complexity index is 694. The van der Waals surface area contributed by atoms with Gasteiger partial charge in [0, 0.05) is 6.20 Å². The van der Waals surface area contributed by atoms with Gasteiger partial charge in [-0.15, -0.1) is 0 Å². The van der Waals surface area contributed by atoms with Gasteiger partial charge in [-0.05, 0) is 18.2 Å². The van der Waals surface area contributed by atoms with Crippen LogP contribution in [0.3, 0.4) is 0 Å². The molecule has 1 aromatic heterocycles. The molecule has 20 heavy (non-hydrogen) atoms. The number of nitrogen functional groups attached to an aromatic ring is 1. The molecule has 0 saturated carbocycles. The summed E-state index contributed by atoms with van der Waals surface area (Å²) in [4.78, 5) is 15.5. The number of carbonyl (C=O) groups is 1. The van der Waals surface area contributed by atoms with Crippen molar-refractivity contribution in [1.82, 2.24) is 4.98 Å². The van der Waals surface area contributed by atoms with Crippen molar-refractivity contribution in [2.24, 2.45) is 0 Å². The molecule has 0 aliphatic carbocycles. The molecule has 1 amide bonds. The molecule has 0 bridgehead atoms. The normalized spacial score (nSPS) is 10.4. The second kappa shape index (κ2) is 5.83. The van der Waals surface area contributed by atoms with Gasteiger partial charge in [0.25, 0.3) is 5.91 Å². The first-order valence-electron chi connectivity index (χ1n) is 5.26. The summed E-state index contributed by atoms with van der Waals surface area (Å²) >= 11 is 17.5. The lowest BCUT2D eigenvalue weighted by Crippen LogP contribution is -2.15. The van der Waals surface area contributed by atoms with Crippen molar-refractivity contribution in [3.8, 4) is 0 Å². The van der Waals surface area contributed by atoms with Crippen LogP contribution in [0.2, 0.25) is 15.1 Å². The number of hydrogen-bond acceptors (Lipinski definition) is 3. The fourth-order valence-electron chi connectivity index (χ4n) is 1.44. The zero-order valence-corrected chi connectivity index (χ0v) is 12.0. The van der Waals surface area contributed by atoms with E-state index in [0.29, 0.717) is 0 Å². The van der Waals surface area contributed by atoms with Crippen molar-refractivity contribution in [2.75, 3.05) is 11.1 Å². The van der Waals surface area contributed by atoms with E-state index in [1.807, 2.05) is 0 Å². The number of rotatable bonds is 2. The quantitative estimate of drug-likeness (QED) is 0.815. The molecular weight excluding hydrogens is 328 g/mol. The number of nitrogens with two attached hydrogens (primary N) is 1. The van der Waals surface area contributed by atoms with Gasteiger partial charge in [-0.1, -0.05) is 34.8 Å². The Morgan fingerprint density at radius 3 is 2.55 bits per heavy atom. The molecule has 104 valence electrons. The Kier molecular flexibility index (Phi) is 4.32. The van der Waals surface area contributed by atoms with E-state index in [1.54, 1.807) is 0 Å². The van der Waals surface area contributed by atoms with E-state index in [4.69, 9.17) is 40.5 Å². The molecule has 1 aromatic carbocycles. The van der Waals surface area contributed by atoms with Crippen LogP contribution in [0.4, 0.5) is 15.9 Å². The number of benzene rings is 1. The third-order valence-electron chi connectivity index (χ3n) is 2.42. The molecule has 0 fully saturated rings. The summed E-state index contributed by atoms with van der Waals surface area (Å²) < 4.78 is 13.7. The molecule has 0 aliphatic heterocycles. The second-order valence-corrected chi connectivity index (χ2v) is 4.98. The number of nitrogens with one attached hydrogen (secondary N) is 1. The molecule has 2 aromatic rings. The fourth-order valence-corrected chi connectivity index (χ4v) is 2.04. The predicted molar refractivity (Wildman–Crippen MR) is 78.0 cm³/mol. The number of anilines is 2. The minimum absolute atomic E-state index is 0.176. The van der Waals surface area contributed by atoms with E-state index in [0.717, 1.165) is 0 Å². The first kappa shape index (κ1) is 14.8. The number of nitrogens with zero attached hydrogens (tertiary/aromatic N) is 1. The lowest BCUT2D eigenvalue weighted by molar-refractivity contribution is 0.102. The minimum atomic E-state index is -0.902. The lowest BCUT2D eigenvalue weighted by atomic mass is 10.2. The fraction of sp³-hybridized carbons (Fsp3) is 0. The molecule has 0 atom stereocenters. The summed E-state index contributed by atoms with van der Waals surface area (Å²) in [6.45, 7) is 0. The average molecular weight is 335 g/mol. The van der Waals surface area contributed by atoms with Gasteiger partial charge in [0.05, 0.1) is 26.3 Å². The van der Waals surface area contributed by atoms with Crippen LogP contribution in [0.1, 0.15) is 10.4 Å². The summed E-state index contributed by atoms with van der Waals surface area (Å²) in [5.74, 6) is -1.99. The Balaban J connectivity index is 2.33. The van der Waals surface area contributed by atoms with Gasteiger partial charge in [-0.25, -0.2) is 9.37 Å². The van der Waals surface area contributed by atoms with Crippen LogP contribution in [-0.2, 0) is 0 Å². The SMILES string of the molecule is Nc1nccc(C(=O)Nc2cc(Cl)c(Cl)cc2Cl)c1F. The summed E-state index contributed by atoms with van der Waals surface area (Å²) in [5, 5.41) is 3.06. The number of pyridine rings is 1. The molecule has 8 heteroatoms. The summed E-state index contributed by atoms with van der Waals surface area (Å²) in [5.41, 5.74) is 5.25. The van der Waals surface area contributed by atoms with Crippen LogP contribution in [0, 0.1) is 5.82 Å². The molecule has 0 saturated heterocycles. The molecule has 0 unspecified atom stereocenters. The van der Waals surface area contributed by atoms with Gasteiger partial charge in [-0.2, -0.15) is 0 Å². The van der Waals surface area contributed by atoms with Crippen molar-refractivity contribution >= 4 is 52.2 Å². The highest BCUT2D eigenvalue weighted by molar-refractivity contribution is 6.44. The van der Waals surface area contributed by atoms with Crippen LogP contribution >= 0.6 is 34.8 Å². The van der Waals surface area contributed by atoms with Crippen LogP contribution in [-0.4, -0.2) is 10.9 Å². The molecule has 0 aliphatic rings. The summed E-state index contributed by atoms with van der Waals surface area (Å²) in [6.07, 6.45) is 1.23. The zero-order valence-electron chi connectivity index (χ0n) is 9.75. The number of aromatic nitrogens is 1. The molecule has 3 N–H and O–H groups in total. The molecule has 0 spiro atoms. The number of halogens is 4. The Labute approximate surface area is 128 Å². The van der Waals surface area contributed by atoms with E-state index in [2.05, 4.69) is 10.3 Å². The number of carbonyl (C=O) groups excluding carboxylic acids is 1. The Morgan fingerprint density at radius 2 is 1.85 bits per heavy atom. The van der Waals surface area contributed by atoms with Crippen molar-refractivity contribution in [3.05, 3.63) is 50.8 Å². The summed E-state index contributed by atoms with van der Waals surface area (Å²) in [7, 11) is 0. The Morgan fingerprint density at radius 1 is 1.20 bits per heavy atom. The first-order chi connectivity index (χ1) is 9.40. The number of hydrogen-bond donors (Lipinski definition) is 2. The topological polar surface area (TPSA) is 68.0 Å². The third-order valence-corrected chi connectivity index (χ3v) is 3.45. The monoisotopic (exact) mass is 333 g/mol. The number of amides is 1. The molecule has 1 heterocycles. The van der Waals surface area contributed by atoms with E-state index >= 15 is 0 Å². The standard InChI is InChI=1S/C12H7Cl3FN3O/c13-6-3-8(15)9(4-7(6)14)19-12(20)5-1-2-18-11(17)10(5)16/h1-4H,(H2,17,18)(H,19,20). The highest BCUT2D eigenvalue weighted by Crippen LogP contribution is 2.32. The van der Waals surface area contributed by atoms with Gasteiger partial charge in [-0.3, -0.25) is 4.79 Å². The van der Waals surface area contributed by atoms with Crippen LogP contribution in [0.5, 0.6) is 0 Å². The maximum atomic E-state index is 13.7. The second-order valence-electron chi connectivity index (χ2n) is 3.76. The predicted octanol–water partition coefficient (Wildman–Crippen LogP) is 4.02. The maximum absolute atomic E-state index is 13.7. The third kappa shape index (κ3) is 2.95. The molecular formula is C12H7Cl3FN3O. The Hall–Kier alpha value is -1.56. The molecule has 2 rings (SSSR count). The first-order valence-corrected chi connectivity index (χ1v) is 6.39. The van der Waals surface area contributed by atoms with Crippen LogP contribution in [0.25, 0.3) is 0 Å². The minimum Gasteiger partial charge on any atom is -0.381 e. The van der Waals surface area contributed by atoms with Gasteiger partial charge in [0.1, 0.15) is 0 Å². The lowest BCUT2D eigenvalue weighted by Gasteiger charge is -2.09. The molecule has 0 radical (unpaired) electrons. The van der Waals surface area contributed by atoms with Crippen molar-refractivity contribution in [1.29, 1.82) is 0 Å². The smallest absolute Gasteiger partial charge is 0.258 e. The van der Waals surface area contributed by atoms with Gasteiger partial charge < -0.3 is 11.1 Å². The van der Waals surface area contributed by atoms with Crippen molar-refractivity contribution in [2.45, 2.75) is 0 Å². The van der Waals surface area contributed by atoms with Crippen LogP contribution < -0.4 is 11.1 Å². The van der Waals surface area contributed by atoms with E-state index in [1.165, 1.54) is 24.4 Å². The van der Waals surface area contributed by atoms with Gasteiger partial charge >= 0.3 is 0 Å². The molecule has 4 nitrogen and oxygen atoms in total. The van der Waals surface area contributed by atoms with Crippen LogP contribution in [0.15, 0.2) is 24.4 Å². The maximum Gasteiger partial charge on any atom is 0.258 e. The van der Waals surface area contributed by atoms with E-state index < -0.39 is 11.7 Å². The average Bonchev–Trinajstić information content (AvgIpc) is 2.39. The largest absolute Gasteiger partial charge is 0.381 e. The van der Waals surface area contributed by atoms with Gasteiger partial charge in [0.2, 0.25) is 0 Å². The van der Waals surface area contributed by atoms with E-state index in [-0.39, 0.29) is 32.1 Å². The van der Waals surface area contributed by atoms with Crippen molar-refractivity contribution < 1.29 is 9.18 Å². The summed E-state index contributed by atoms with van der Waals surface area (Å²) in [6, 6.07) is 3.94.